The van der Waals surface area contributed by atoms with Gasteiger partial charge in [-0.1, -0.05) is 0 Å². The Kier molecular flexibility index (Phi) is 7.86. The van der Waals surface area contributed by atoms with Gasteiger partial charge in [-0.15, -0.1) is 0 Å². The Hall–Kier alpha value is -0.860. The van der Waals surface area contributed by atoms with Crippen LogP contribution in [-0.2, 0) is 9.59 Å². The van der Waals surface area contributed by atoms with Crippen LogP contribution < -0.4 is 0 Å². The van der Waals surface area contributed by atoms with E-state index in [1.807, 2.05) is 18.5 Å². The Morgan fingerprint density at radius 2 is 1.19 bits per heavy atom. The van der Waals surface area contributed by atoms with Gasteiger partial charge in [-0.05, 0) is 31.3 Å². The van der Waals surface area contributed by atoms with Gasteiger partial charge in [0.1, 0.15) is 0 Å². The van der Waals surface area contributed by atoms with Crippen LogP contribution in [0, 0.1) is 0 Å². The molecule has 0 aliphatic rings. The van der Waals surface area contributed by atoms with Gasteiger partial charge in [0, 0.05) is 13.1 Å². The van der Waals surface area contributed by atoms with Crippen LogP contribution in [0.5, 0.6) is 0 Å². The van der Waals surface area contributed by atoms with Crippen LogP contribution in [0.15, 0.2) is 0 Å². The normalized spacial score (nSPS) is 9.38. The van der Waals surface area contributed by atoms with Crippen LogP contribution in [0.1, 0.15) is 12.8 Å². The number of imide groups is 2. The Morgan fingerprint density at radius 1 is 0.875 bits per heavy atom. The van der Waals surface area contributed by atoms with Crippen molar-refractivity contribution in [1.29, 1.82) is 0 Å². The molecule has 0 saturated carbocycles. The van der Waals surface area contributed by atoms with Gasteiger partial charge >= 0.3 is 0 Å². The quantitative estimate of drug-likeness (QED) is 0.385. The monoisotopic (exact) mass is 264 g/mol. The second-order valence-electron chi connectivity index (χ2n) is 2.98. The average molecular weight is 264 g/mol. The van der Waals surface area contributed by atoms with Crippen LogP contribution in [0.25, 0.3) is 0 Å². The smallest absolute Gasteiger partial charge is 0.243 e. The summed E-state index contributed by atoms with van der Waals surface area (Å²) in [5, 5.41) is 0. The van der Waals surface area contributed by atoms with E-state index in [1.54, 1.807) is 0 Å². The van der Waals surface area contributed by atoms with Crippen molar-refractivity contribution in [2.45, 2.75) is 12.8 Å². The van der Waals surface area contributed by atoms with Crippen LogP contribution in [0.4, 0.5) is 9.59 Å². The number of amides is 4. The van der Waals surface area contributed by atoms with Crippen molar-refractivity contribution in [1.82, 2.24) is 9.80 Å². The number of nitrogens with zero attached hydrogens (tertiary/aromatic N) is 2. The third kappa shape index (κ3) is 5.89. The molecule has 0 fully saturated rings. The topological polar surface area (TPSA) is 74.8 Å². The molecule has 0 heterocycles. The third-order valence-electron chi connectivity index (χ3n) is 1.87. The molecule has 0 aromatic carbocycles. The maximum Gasteiger partial charge on any atom is 0.243 e. The van der Waals surface area contributed by atoms with Crippen LogP contribution in [0.3, 0.4) is 0 Å². The molecule has 2 atom stereocenters. The van der Waals surface area contributed by atoms with Crippen LogP contribution >= 0.6 is 18.5 Å². The van der Waals surface area contributed by atoms with Gasteiger partial charge in [0.25, 0.3) is 0 Å². The molecule has 6 nitrogen and oxygen atoms in total. The lowest BCUT2D eigenvalue weighted by Gasteiger charge is -2.15. The number of carbonyl (C=O) groups excluding carboxylic acids is 4. The van der Waals surface area contributed by atoms with E-state index in [9.17, 15) is 19.2 Å². The number of carbonyl (C=O) groups is 4. The minimum absolute atomic E-state index is 0.281. The molecule has 0 spiro atoms. The van der Waals surface area contributed by atoms with E-state index >= 15 is 0 Å². The molecular weight excluding hydrogens is 250 g/mol. The molecular formula is C8H14N2O4P2. The first-order chi connectivity index (χ1) is 7.52. The zero-order chi connectivity index (χ0) is 12.6. The summed E-state index contributed by atoms with van der Waals surface area (Å²) in [6.07, 6.45) is 1.99. The van der Waals surface area contributed by atoms with Crippen LogP contribution in [-0.4, -0.2) is 47.0 Å². The van der Waals surface area contributed by atoms with Crippen molar-refractivity contribution in [2.24, 2.45) is 0 Å². The van der Waals surface area contributed by atoms with E-state index in [-0.39, 0.29) is 13.1 Å². The summed E-state index contributed by atoms with van der Waals surface area (Å²) >= 11 is 0. The fourth-order valence-corrected chi connectivity index (χ4v) is 1.37. The molecule has 2 unspecified atom stereocenters. The second-order valence-corrected chi connectivity index (χ2v) is 3.97. The fourth-order valence-electron chi connectivity index (χ4n) is 0.994. The second kappa shape index (κ2) is 8.31. The maximum absolute atomic E-state index is 10.8. The lowest BCUT2D eigenvalue weighted by atomic mass is 10.3. The van der Waals surface area contributed by atoms with Gasteiger partial charge in [-0.25, -0.2) is 0 Å². The van der Waals surface area contributed by atoms with E-state index in [0.29, 0.717) is 25.7 Å². The Morgan fingerprint density at radius 3 is 1.38 bits per heavy atom. The first kappa shape index (κ1) is 15.1. The molecule has 0 rings (SSSR count). The van der Waals surface area contributed by atoms with Gasteiger partial charge in [0.05, 0.1) is 0 Å². The maximum atomic E-state index is 10.8. The van der Waals surface area contributed by atoms with Gasteiger partial charge < -0.3 is 0 Å². The van der Waals surface area contributed by atoms with E-state index in [4.69, 9.17) is 0 Å². The molecule has 0 N–H and O–H groups in total. The van der Waals surface area contributed by atoms with E-state index in [1.165, 1.54) is 0 Å². The van der Waals surface area contributed by atoms with E-state index < -0.39 is 11.3 Å². The van der Waals surface area contributed by atoms with Crippen molar-refractivity contribution in [3.8, 4) is 0 Å². The molecule has 0 bridgehead atoms. The highest BCUT2D eigenvalue weighted by molar-refractivity contribution is 7.40. The van der Waals surface area contributed by atoms with E-state index in [0.717, 1.165) is 9.80 Å². The molecule has 0 aliphatic carbocycles. The number of hydrogen-bond acceptors (Lipinski definition) is 4. The molecule has 0 aliphatic heterocycles. The SMILES string of the molecule is O=CN(CCCCN(C=O)C(=O)P)C(=O)P. The molecule has 0 radical (unpaired) electrons. The third-order valence-corrected chi connectivity index (χ3v) is 2.53. The molecule has 4 amide bonds. The molecule has 8 heteroatoms. The summed E-state index contributed by atoms with van der Waals surface area (Å²) in [4.78, 5) is 44.4. The van der Waals surface area contributed by atoms with Gasteiger partial charge in [0.2, 0.25) is 24.1 Å². The van der Waals surface area contributed by atoms with Crippen LogP contribution in [0.2, 0.25) is 0 Å². The molecule has 16 heavy (non-hydrogen) atoms. The summed E-state index contributed by atoms with van der Waals surface area (Å²) in [6.45, 7) is 0.563. The highest BCUT2D eigenvalue weighted by Gasteiger charge is 2.08. The lowest BCUT2D eigenvalue weighted by molar-refractivity contribution is -0.116. The molecule has 0 saturated heterocycles. The zero-order valence-corrected chi connectivity index (χ0v) is 11.0. The zero-order valence-electron chi connectivity index (χ0n) is 8.67. The number of hydrogen-bond donors (Lipinski definition) is 0. The van der Waals surface area contributed by atoms with Crippen molar-refractivity contribution in [3.05, 3.63) is 0 Å². The highest BCUT2D eigenvalue weighted by Crippen LogP contribution is 2.02. The van der Waals surface area contributed by atoms with Crippen molar-refractivity contribution in [3.63, 3.8) is 0 Å². The van der Waals surface area contributed by atoms with Crippen molar-refractivity contribution in [2.75, 3.05) is 13.1 Å². The minimum atomic E-state index is -0.399. The summed E-state index contributed by atoms with van der Waals surface area (Å²) < 4.78 is 0. The molecule has 0 aromatic heterocycles. The van der Waals surface area contributed by atoms with Crippen molar-refractivity contribution >= 4 is 42.6 Å². The predicted molar refractivity (Wildman–Crippen MR) is 65.0 cm³/mol. The summed E-state index contributed by atoms with van der Waals surface area (Å²) in [5.74, 6) is 0. The number of unbranched alkanes of at least 4 members (excludes halogenated alkanes) is 1. The largest absolute Gasteiger partial charge is 0.282 e. The summed E-state index contributed by atoms with van der Waals surface area (Å²) in [5.41, 5.74) is -0.797. The predicted octanol–water partition coefficient (Wildman–Crippen LogP) is 0.674. The molecule has 90 valence electrons. The minimum Gasteiger partial charge on any atom is -0.282 e. The van der Waals surface area contributed by atoms with E-state index in [2.05, 4.69) is 0 Å². The summed E-state index contributed by atoms with van der Waals surface area (Å²) in [6, 6.07) is 0. The number of rotatable bonds is 7. The summed E-state index contributed by atoms with van der Waals surface area (Å²) in [7, 11) is 3.80. The Bertz CT molecular complexity index is 257. The Balaban J connectivity index is 3.82. The fraction of sp³-hybridized carbons (Fsp3) is 0.500. The van der Waals surface area contributed by atoms with Gasteiger partial charge in [-0.3, -0.25) is 29.0 Å². The van der Waals surface area contributed by atoms with Crippen molar-refractivity contribution < 1.29 is 19.2 Å². The first-order valence-electron chi connectivity index (χ1n) is 4.55. The van der Waals surface area contributed by atoms with Gasteiger partial charge in [0.15, 0.2) is 0 Å². The van der Waals surface area contributed by atoms with Gasteiger partial charge in [-0.2, -0.15) is 0 Å². The lowest BCUT2D eigenvalue weighted by Crippen LogP contribution is -2.28. The highest BCUT2D eigenvalue weighted by atomic mass is 31.0. The standard InChI is InChI=1S/C8H14N2O4P2/c11-5-9(7(13)15)3-1-2-4-10(6-12)8(14)16/h5-6H,1-4,15-16H2. The molecule has 0 aromatic rings. The first-order valence-corrected chi connectivity index (χ1v) is 5.71. The Labute approximate surface area is 98.1 Å². The average Bonchev–Trinajstić information content (AvgIpc) is 2.22.